The molecule has 24 heavy (non-hydrogen) atoms. The van der Waals surface area contributed by atoms with E-state index in [0.29, 0.717) is 32.1 Å². The average molecular weight is 334 g/mol. The Hall–Kier alpha value is -2.44. The Balaban J connectivity index is 1.84. The third-order valence-electron chi connectivity index (χ3n) is 3.38. The number of nitrogens with one attached hydrogen (secondary N) is 2. The number of rotatable bonds is 4. The number of hydrogen-bond acceptors (Lipinski definition) is 4. The molecule has 1 heterocycles. The monoisotopic (exact) mass is 334 g/mol. The Morgan fingerprint density at radius 3 is 2.67 bits per heavy atom. The van der Waals surface area contributed by atoms with Crippen molar-refractivity contribution < 1.29 is 14.3 Å². The lowest BCUT2D eigenvalue weighted by molar-refractivity contribution is -0.128. The molecule has 0 saturated heterocycles. The first-order chi connectivity index (χ1) is 11.4. The topological polar surface area (TPSA) is 98.0 Å². The van der Waals surface area contributed by atoms with Gasteiger partial charge in [-0.1, -0.05) is 20.8 Å². The number of benzene rings is 1. The van der Waals surface area contributed by atoms with Gasteiger partial charge in [0.05, 0.1) is 19.8 Å². The first-order valence-electron chi connectivity index (χ1n) is 8.11. The lowest BCUT2D eigenvalue weighted by Gasteiger charge is -2.17. The van der Waals surface area contributed by atoms with E-state index >= 15 is 0 Å². The van der Waals surface area contributed by atoms with Crippen molar-refractivity contribution >= 4 is 17.6 Å². The number of guanidine groups is 1. The smallest absolute Gasteiger partial charge is 0.225 e. The van der Waals surface area contributed by atoms with Gasteiger partial charge in [-0.15, -0.1) is 0 Å². The Kier molecular flexibility index (Phi) is 5.89. The fourth-order valence-electron chi connectivity index (χ4n) is 2.04. The van der Waals surface area contributed by atoms with E-state index in [1.165, 1.54) is 0 Å². The zero-order valence-corrected chi connectivity index (χ0v) is 14.5. The van der Waals surface area contributed by atoms with E-state index < -0.39 is 5.41 Å². The van der Waals surface area contributed by atoms with E-state index in [1.54, 1.807) is 0 Å². The molecule has 0 bridgehead atoms. The van der Waals surface area contributed by atoms with Gasteiger partial charge in [-0.3, -0.25) is 9.79 Å². The summed E-state index contributed by atoms with van der Waals surface area (Å²) < 4.78 is 11.2. The number of carbonyl (C=O) groups is 1. The van der Waals surface area contributed by atoms with Crippen LogP contribution < -0.4 is 25.8 Å². The van der Waals surface area contributed by atoms with Crippen molar-refractivity contribution in [1.29, 1.82) is 0 Å². The minimum absolute atomic E-state index is 0.00729. The molecule has 0 saturated carbocycles. The molecule has 2 rings (SSSR count). The fourth-order valence-corrected chi connectivity index (χ4v) is 2.04. The largest absolute Gasteiger partial charge is 0.490 e. The Labute approximate surface area is 142 Å². The number of nitrogens with two attached hydrogens (primary N) is 1. The lowest BCUT2D eigenvalue weighted by Crippen LogP contribution is -2.36. The molecule has 0 unspecified atom stereocenters. The van der Waals surface area contributed by atoms with Crippen LogP contribution in [-0.2, 0) is 4.79 Å². The Morgan fingerprint density at radius 1 is 1.25 bits per heavy atom. The van der Waals surface area contributed by atoms with E-state index in [4.69, 9.17) is 15.2 Å². The molecule has 0 spiro atoms. The molecule has 1 aromatic rings. The number of carbonyl (C=O) groups excluding carboxylic acids is 1. The summed E-state index contributed by atoms with van der Waals surface area (Å²) in [5.41, 5.74) is 6.24. The highest BCUT2D eigenvalue weighted by atomic mass is 16.5. The summed E-state index contributed by atoms with van der Waals surface area (Å²) in [4.78, 5) is 15.9. The van der Waals surface area contributed by atoms with Crippen molar-refractivity contribution in [2.45, 2.75) is 27.2 Å². The van der Waals surface area contributed by atoms with Crippen LogP contribution in [0, 0.1) is 5.41 Å². The maximum absolute atomic E-state index is 11.7. The molecule has 1 amide bonds. The molecule has 1 aliphatic heterocycles. The van der Waals surface area contributed by atoms with Gasteiger partial charge in [0.25, 0.3) is 0 Å². The van der Waals surface area contributed by atoms with E-state index in [-0.39, 0.29) is 11.9 Å². The third-order valence-corrected chi connectivity index (χ3v) is 3.38. The minimum atomic E-state index is -0.405. The molecule has 0 radical (unpaired) electrons. The number of nitrogens with zero attached hydrogens (tertiary/aromatic N) is 1. The van der Waals surface area contributed by atoms with Crippen LogP contribution in [0.3, 0.4) is 0 Å². The van der Waals surface area contributed by atoms with Crippen molar-refractivity contribution in [2.24, 2.45) is 16.1 Å². The summed E-state index contributed by atoms with van der Waals surface area (Å²) in [6.45, 7) is 7.74. The van der Waals surface area contributed by atoms with Crippen LogP contribution in [-0.4, -0.2) is 38.2 Å². The summed E-state index contributed by atoms with van der Waals surface area (Å²) in [6, 6.07) is 5.54. The van der Waals surface area contributed by atoms with Gasteiger partial charge in [0, 0.05) is 30.1 Å². The molecule has 0 aliphatic carbocycles. The van der Waals surface area contributed by atoms with Gasteiger partial charge in [0.2, 0.25) is 5.91 Å². The van der Waals surface area contributed by atoms with Gasteiger partial charge in [0.15, 0.2) is 17.5 Å². The zero-order chi connectivity index (χ0) is 17.6. The van der Waals surface area contributed by atoms with Crippen molar-refractivity contribution in [3.8, 4) is 11.5 Å². The molecule has 0 atom stereocenters. The molecular weight excluding hydrogens is 308 g/mol. The maximum atomic E-state index is 11.7. The molecular formula is C17H26N4O3. The first kappa shape index (κ1) is 17.9. The quantitative estimate of drug-likeness (QED) is 0.443. The Bertz CT molecular complexity index is 608. The number of anilines is 1. The highest BCUT2D eigenvalue weighted by Crippen LogP contribution is 2.32. The molecule has 0 fully saturated rings. The second-order valence-electron chi connectivity index (χ2n) is 6.61. The van der Waals surface area contributed by atoms with Crippen LogP contribution in [0.4, 0.5) is 5.69 Å². The van der Waals surface area contributed by atoms with Crippen LogP contribution in [0.25, 0.3) is 0 Å². The second-order valence-corrected chi connectivity index (χ2v) is 6.61. The zero-order valence-electron chi connectivity index (χ0n) is 14.5. The number of hydrogen-bond donors (Lipinski definition) is 3. The van der Waals surface area contributed by atoms with Gasteiger partial charge in [0.1, 0.15) is 0 Å². The number of fused-ring (bicyclic) bond motifs is 1. The van der Waals surface area contributed by atoms with Crippen molar-refractivity contribution in [3.63, 3.8) is 0 Å². The predicted molar refractivity (Wildman–Crippen MR) is 94.6 cm³/mol. The number of aliphatic imine (C=N–C) groups is 1. The van der Waals surface area contributed by atoms with Gasteiger partial charge < -0.3 is 25.8 Å². The van der Waals surface area contributed by atoms with Crippen LogP contribution in [0.15, 0.2) is 23.2 Å². The molecule has 4 N–H and O–H groups in total. The van der Waals surface area contributed by atoms with Crippen LogP contribution in [0.5, 0.6) is 11.5 Å². The summed E-state index contributed by atoms with van der Waals surface area (Å²) >= 11 is 0. The molecule has 132 valence electrons. The number of ether oxygens (including phenoxy) is 2. The first-order valence-corrected chi connectivity index (χ1v) is 8.11. The summed E-state index contributed by atoms with van der Waals surface area (Å²) in [5.74, 6) is 1.71. The van der Waals surface area contributed by atoms with Gasteiger partial charge in [-0.2, -0.15) is 0 Å². The molecule has 1 aliphatic rings. The molecule has 0 aromatic heterocycles. The van der Waals surface area contributed by atoms with E-state index in [1.807, 2.05) is 39.0 Å². The van der Waals surface area contributed by atoms with Crippen LogP contribution >= 0.6 is 0 Å². The molecule has 1 aromatic carbocycles. The summed E-state index contributed by atoms with van der Waals surface area (Å²) in [7, 11) is 0. The van der Waals surface area contributed by atoms with E-state index in [0.717, 1.165) is 17.9 Å². The van der Waals surface area contributed by atoms with E-state index in [2.05, 4.69) is 15.6 Å². The SMILES string of the molecule is CC(C)(C)C(=O)NCCN=C(N)Nc1ccc2c(c1)OCCCO2. The summed E-state index contributed by atoms with van der Waals surface area (Å²) in [6.07, 6.45) is 0.862. The molecule has 7 heteroatoms. The van der Waals surface area contributed by atoms with Crippen molar-refractivity contribution in [3.05, 3.63) is 18.2 Å². The Morgan fingerprint density at radius 2 is 1.96 bits per heavy atom. The highest BCUT2D eigenvalue weighted by Gasteiger charge is 2.20. The highest BCUT2D eigenvalue weighted by molar-refractivity contribution is 5.92. The van der Waals surface area contributed by atoms with Gasteiger partial charge >= 0.3 is 0 Å². The second kappa shape index (κ2) is 7.90. The average Bonchev–Trinajstić information content (AvgIpc) is 2.75. The summed E-state index contributed by atoms with van der Waals surface area (Å²) in [5, 5.41) is 5.83. The fraction of sp³-hybridized carbons (Fsp3) is 0.529. The third kappa shape index (κ3) is 5.33. The normalized spacial score (nSPS) is 14.7. The van der Waals surface area contributed by atoms with E-state index in [9.17, 15) is 4.79 Å². The minimum Gasteiger partial charge on any atom is -0.490 e. The predicted octanol–water partition coefficient (Wildman–Crippen LogP) is 1.74. The van der Waals surface area contributed by atoms with Gasteiger partial charge in [-0.25, -0.2) is 0 Å². The lowest BCUT2D eigenvalue weighted by atomic mass is 9.96. The standard InChI is InChI=1S/C17H26N4O3/c1-17(2,3)15(22)19-7-8-20-16(18)21-12-5-6-13-14(11-12)24-10-4-9-23-13/h5-6,11H,4,7-10H2,1-3H3,(H,19,22)(H3,18,20,21). The molecule has 7 nitrogen and oxygen atoms in total. The van der Waals surface area contributed by atoms with Gasteiger partial charge in [-0.05, 0) is 12.1 Å². The van der Waals surface area contributed by atoms with Crippen LogP contribution in [0.1, 0.15) is 27.2 Å². The van der Waals surface area contributed by atoms with Crippen molar-refractivity contribution in [1.82, 2.24) is 5.32 Å². The van der Waals surface area contributed by atoms with Crippen molar-refractivity contribution in [2.75, 3.05) is 31.6 Å². The van der Waals surface area contributed by atoms with Crippen LogP contribution in [0.2, 0.25) is 0 Å². The number of amides is 1. The maximum Gasteiger partial charge on any atom is 0.225 e.